The monoisotopic (exact) mass is 309 g/mol. The maximum atomic E-state index is 12.8. The lowest BCUT2D eigenvalue weighted by Crippen LogP contribution is -2.45. The molecule has 0 spiro atoms. The van der Waals surface area contributed by atoms with Crippen LogP contribution in [0, 0.1) is 11.8 Å². The van der Waals surface area contributed by atoms with Crippen LogP contribution < -0.4 is 0 Å². The Morgan fingerprint density at radius 3 is 2.45 bits per heavy atom. The van der Waals surface area contributed by atoms with Gasteiger partial charge in [0.1, 0.15) is 0 Å². The van der Waals surface area contributed by atoms with E-state index in [1.54, 1.807) is 0 Å². The summed E-state index contributed by atoms with van der Waals surface area (Å²) in [6, 6.07) is -0.741. The summed E-state index contributed by atoms with van der Waals surface area (Å²) in [4.78, 5) is 11.1. The number of nitrogens with zero attached hydrogens (tertiary/aromatic N) is 1. The lowest BCUT2D eigenvalue weighted by molar-refractivity contribution is -0.142. The number of sulfonamides is 1. The van der Waals surface area contributed by atoms with Crippen molar-refractivity contribution >= 4 is 16.0 Å². The van der Waals surface area contributed by atoms with Gasteiger partial charge in [0, 0.05) is 24.9 Å². The highest BCUT2D eigenvalue weighted by Gasteiger charge is 2.55. The first kappa shape index (κ1) is 14.2. The largest absolute Gasteiger partial charge is 0.481 e. The zero-order valence-electron chi connectivity index (χ0n) is 10.8. The van der Waals surface area contributed by atoms with Crippen molar-refractivity contribution in [2.24, 2.45) is 11.8 Å². The van der Waals surface area contributed by atoms with Gasteiger partial charge in [-0.05, 0) is 25.2 Å². The van der Waals surface area contributed by atoms with Crippen molar-refractivity contribution in [3.05, 3.63) is 0 Å². The van der Waals surface area contributed by atoms with Crippen LogP contribution in [-0.4, -0.2) is 47.6 Å². The lowest BCUT2D eigenvalue weighted by Gasteiger charge is -2.36. The van der Waals surface area contributed by atoms with E-state index in [0.717, 1.165) is 0 Å². The molecule has 114 valence electrons. The van der Waals surface area contributed by atoms with Gasteiger partial charge in [0.2, 0.25) is 15.9 Å². The van der Waals surface area contributed by atoms with Crippen LogP contribution in [0.1, 0.15) is 32.1 Å². The fraction of sp³-hybridized carbons (Fsp3) is 0.917. The molecule has 3 atom stereocenters. The SMILES string of the molecule is O=C(O)C1CC2CCC1N2S(=O)(=O)CC1CC(F)(F)C1. The zero-order chi connectivity index (χ0) is 14.7. The molecule has 0 radical (unpaired) electrons. The molecule has 20 heavy (non-hydrogen) atoms. The number of alkyl halides is 2. The van der Waals surface area contributed by atoms with Gasteiger partial charge in [-0.25, -0.2) is 17.2 Å². The van der Waals surface area contributed by atoms with E-state index in [-0.39, 0.29) is 24.6 Å². The molecular weight excluding hydrogens is 292 g/mol. The molecule has 3 unspecified atom stereocenters. The molecule has 2 heterocycles. The fourth-order valence-electron chi connectivity index (χ4n) is 3.92. The molecule has 3 fully saturated rings. The number of carboxylic acids is 1. The quantitative estimate of drug-likeness (QED) is 0.849. The number of halogens is 2. The Balaban J connectivity index is 1.71. The summed E-state index contributed by atoms with van der Waals surface area (Å²) in [5.74, 6) is -5.12. The number of carboxylic acid groups (broad SMARTS) is 1. The highest BCUT2D eigenvalue weighted by molar-refractivity contribution is 7.89. The predicted octanol–water partition coefficient (Wildman–Crippen LogP) is 1.30. The molecule has 3 aliphatic rings. The summed E-state index contributed by atoms with van der Waals surface area (Å²) >= 11 is 0. The Morgan fingerprint density at radius 2 is 1.95 bits per heavy atom. The van der Waals surface area contributed by atoms with Gasteiger partial charge in [-0.2, -0.15) is 4.31 Å². The van der Waals surface area contributed by atoms with E-state index in [9.17, 15) is 22.0 Å². The number of aliphatic carboxylic acids is 1. The minimum absolute atomic E-state index is 0.258. The molecule has 0 aromatic rings. The normalized spacial score (nSPS) is 37.0. The second-order valence-corrected chi connectivity index (χ2v) is 8.14. The minimum Gasteiger partial charge on any atom is -0.481 e. The van der Waals surface area contributed by atoms with Gasteiger partial charge in [0.25, 0.3) is 0 Å². The standard InChI is InChI=1S/C12H17F2NO4S/c13-12(14)4-7(5-12)6-20(18,19)15-8-1-2-10(15)9(3-8)11(16)17/h7-10H,1-6H2,(H,16,17). The van der Waals surface area contributed by atoms with Crippen molar-refractivity contribution in [3.63, 3.8) is 0 Å². The van der Waals surface area contributed by atoms with Crippen LogP contribution in [-0.2, 0) is 14.8 Å². The third-order valence-corrected chi connectivity index (χ3v) is 6.84. The van der Waals surface area contributed by atoms with E-state index in [2.05, 4.69) is 0 Å². The predicted molar refractivity (Wildman–Crippen MR) is 65.8 cm³/mol. The first-order valence-corrected chi connectivity index (χ1v) is 8.42. The Hall–Kier alpha value is -0.760. The Kier molecular flexibility index (Phi) is 3.10. The van der Waals surface area contributed by atoms with Crippen molar-refractivity contribution in [2.45, 2.75) is 50.1 Å². The van der Waals surface area contributed by atoms with E-state index in [1.165, 1.54) is 4.31 Å². The van der Waals surface area contributed by atoms with Gasteiger partial charge in [-0.1, -0.05) is 0 Å². The van der Waals surface area contributed by atoms with Crippen LogP contribution in [0.5, 0.6) is 0 Å². The van der Waals surface area contributed by atoms with Crippen LogP contribution in [0.15, 0.2) is 0 Å². The minimum atomic E-state index is -3.64. The number of hydrogen-bond acceptors (Lipinski definition) is 3. The molecule has 5 nitrogen and oxygen atoms in total. The summed E-state index contributed by atoms with van der Waals surface area (Å²) in [5, 5.41) is 9.11. The second-order valence-electron chi connectivity index (χ2n) is 6.22. The molecule has 0 aromatic heterocycles. The summed E-state index contributed by atoms with van der Waals surface area (Å²) in [7, 11) is -3.64. The van der Waals surface area contributed by atoms with Crippen molar-refractivity contribution in [1.82, 2.24) is 4.31 Å². The molecule has 8 heteroatoms. The zero-order valence-corrected chi connectivity index (χ0v) is 11.7. The number of hydrogen-bond donors (Lipinski definition) is 1. The van der Waals surface area contributed by atoms with E-state index in [1.807, 2.05) is 0 Å². The van der Waals surface area contributed by atoms with Crippen LogP contribution in [0.2, 0.25) is 0 Å². The first-order valence-electron chi connectivity index (χ1n) is 6.81. The van der Waals surface area contributed by atoms with Crippen molar-refractivity contribution in [3.8, 4) is 0 Å². The molecule has 2 bridgehead atoms. The van der Waals surface area contributed by atoms with Gasteiger partial charge >= 0.3 is 5.97 Å². The topological polar surface area (TPSA) is 74.7 Å². The van der Waals surface area contributed by atoms with E-state index in [0.29, 0.717) is 19.3 Å². The summed E-state index contributed by atoms with van der Waals surface area (Å²) < 4.78 is 51.6. The molecule has 0 amide bonds. The Bertz CT molecular complexity index is 528. The van der Waals surface area contributed by atoms with Crippen LogP contribution in [0.4, 0.5) is 8.78 Å². The van der Waals surface area contributed by atoms with Gasteiger partial charge in [-0.3, -0.25) is 4.79 Å². The molecular formula is C12H17F2NO4S. The smallest absolute Gasteiger partial charge is 0.308 e. The van der Waals surface area contributed by atoms with Crippen LogP contribution >= 0.6 is 0 Å². The van der Waals surface area contributed by atoms with Crippen molar-refractivity contribution < 1.29 is 27.1 Å². The van der Waals surface area contributed by atoms with Gasteiger partial charge in [0.15, 0.2) is 0 Å². The molecule has 0 aromatic carbocycles. The highest BCUT2D eigenvalue weighted by Crippen LogP contribution is 2.47. The molecule has 1 saturated carbocycles. The Labute approximate surface area is 116 Å². The first-order chi connectivity index (χ1) is 9.20. The van der Waals surface area contributed by atoms with E-state index < -0.39 is 39.8 Å². The summed E-state index contributed by atoms with van der Waals surface area (Å²) in [6.45, 7) is 0. The number of rotatable bonds is 4. The summed E-state index contributed by atoms with van der Waals surface area (Å²) in [6.07, 6.45) is 0.825. The molecule has 3 rings (SSSR count). The third-order valence-electron chi connectivity index (χ3n) is 4.73. The lowest BCUT2D eigenvalue weighted by atomic mass is 9.83. The second kappa shape index (κ2) is 4.37. The number of carbonyl (C=O) groups is 1. The van der Waals surface area contributed by atoms with Crippen LogP contribution in [0.25, 0.3) is 0 Å². The Morgan fingerprint density at radius 1 is 1.30 bits per heavy atom. The van der Waals surface area contributed by atoms with Gasteiger partial charge in [0.05, 0.1) is 11.7 Å². The van der Waals surface area contributed by atoms with Crippen molar-refractivity contribution in [1.29, 1.82) is 0 Å². The maximum Gasteiger partial charge on any atom is 0.308 e. The molecule has 2 aliphatic heterocycles. The highest BCUT2D eigenvalue weighted by atomic mass is 32.2. The fourth-order valence-corrected chi connectivity index (χ4v) is 6.24. The molecule has 1 N–H and O–H groups in total. The number of fused-ring (bicyclic) bond motifs is 2. The van der Waals surface area contributed by atoms with E-state index >= 15 is 0 Å². The van der Waals surface area contributed by atoms with Gasteiger partial charge < -0.3 is 5.11 Å². The summed E-state index contributed by atoms with van der Waals surface area (Å²) in [5.41, 5.74) is 0. The van der Waals surface area contributed by atoms with Crippen LogP contribution in [0.3, 0.4) is 0 Å². The maximum absolute atomic E-state index is 12.8. The van der Waals surface area contributed by atoms with Gasteiger partial charge in [-0.15, -0.1) is 0 Å². The van der Waals surface area contributed by atoms with E-state index in [4.69, 9.17) is 5.11 Å². The molecule has 1 aliphatic carbocycles. The third kappa shape index (κ3) is 2.22. The van der Waals surface area contributed by atoms with Crippen molar-refractivity contribution in [2.75, 3.05) is 5.75 Å². The average molecular weight is 309 g/mol. The average Bonchev–Trinajstić information content (AvgIpc) is 2.83. The molecule has 2 saturated heterocycles.